The molecular weight excluding hydrogens is 278 g/mol. The second-order valence-corrected chi connectivity index (χ2v) is 6.39. The van der Waals surface area contributed by atoms with Crippen LogP contribution in [0.5, 0.6) is 0 Å². The summed E-state index contributed by atoms with van der Waals surface area (Å²) in [6.45, 7) is 8.48. The lowest BCUT2D eigenvalue weighted by atomic mass is 9.86. The number of anilines is 1. The second kappa shape index (κ2) is 4.13. The Balaban J connectivity index is 2.40. The van der Waals surface area contributed by atoms with Crippen LogP contribution in [0.1, 0.15) is 32.8 Å². The van der Waals surface area contributed by atoms with Gasteiger partial charge in [-0.15, -0.1) is 0 Å². The van der Waals surface area contributed by atoms with Crippen molar-refractivity contribution in [2.75, 3.05) is 4.90 Å². The minimum Gasteiger partial charge on any atom is -0.309 e. The van der Waals surface area contributed by atoms with Crippen molar-refractivity contribution in [3.8, 4) is 0 Å². The quantitative estimate of drug-likeness (QED) is 0.769. The smallest absolute Gasteiger partial charge is 0.227 e. The van der Waals surface area contributed by atoms with Crippen molar-refractivity contribution >= 4 is 27.5 Å². The zero-order valence-corrected chi connectivity index (χ0v) is 12.3. The van der Waals surface area contributed by atoms with E-state index >= 15 is 0 Å². The van der Waals surface area contributed by atoms with Crippen molar-refractivity contribution in [1.29, 1.82) is 0 Å². The lowest BCUT2D eigenvalue weighted by Gasteiger charge is -2.29. The maximum absolute atomic E-state index is 12.1. The summed E-state index contributed by atoms with van der Waals surface area (Å²) in [6, 6.07) is 6.33. The first-order chi connectivity index (χ1) is 7.83. The third kappa shape index (κ3) is 2.13. The van der Waals surface area contributed by atoms with E-state index in [1.54, 1.807) is 0 Å². The topological polar surface area (TPSA) is 20.3 Å². The van der Waals surface area contributed by atoms with Crippen LogP contribution >= 0.6 is 15.9 Å². The standard InChI is InChI=1S/C14H18BrNO/c1-9-7-11(5-6-12(9)15)16-10(2)14(3,4)8-13(16)17/h5-7,10H,8H2,1-4H3. The molecule has 1 aromatic rings. The third-order valence-electron chi connectivity index (χ3n) is 3.81. The van der Waals surface area contributed by atoms with Crippen molar-refractivity contribution in [2.24, 2.45) is 5.41 Å². The van der Waals surface area contributed by atoms with Crippen LogP contribution in [-0.4, -0.2) is 11.9 Å². The van der Waals surface area contributed by atoms with Crippen molar-refractivity contribution in [3.05, 3.63) is 28.2 Å². The van der Waals surface area contributed by atoms with E-state index in [0.717, 1.165) is 15.7 Å². The van der Waals surface area contributed by atoms with Crippen LogP contribution in [0.3, 0.4) is 0 Å². The number of carbonyl (C=O) groups excluding carboxylic acids is 1. The van der Waals surface area contributed by atoms with E-state index in [1.165, 1.54) is 0 Å². The molecule has 0 radical (unpaired) electrons. The summed E-state index contributed by atoms with van der Waals surface area (Å²) in [7, 11) is 0. The minimum absolute atomic E-state index is 0.0536. The van der Waals surface area contributed by atoms with E-state index in [1.807, 2.05) is 24.0 Å². The van der Waals surface area contributed by atoms with Crippen LogP contribution in [0.2, 0.25) is 0 Å². The third-order valence-corrected chi connectivity index (χ3v) is 4.70. The number of nitrogens with zero attached hydrogens (tertiary/aromatic N) is 1. The number of rotatable bonds is 1. The molecule has 2 nitrogen and oxygen atoms in total. The van der Waals surface area contributed by atoms with Crippen molar-refractivity contribution in [1.82, 2.24) is 0 Å². The van der Waals surface area contributed by atoms with Gasteiger partial charge in [-0.3, -0.25) is 4.79 Å². The number of hydrogen-bond acceptors (Lipinski definition) is 1. The van der Waals surface area contributed by atoms with Gasteiger partial charge in [0.25, 0.3) is 0 Å². The van der Waals surface area contributed by atoms with Crippen LogP contribution in [-0.2, 0) is 4.79 Å². The highest BCUT2D eigenvalue weighted by atomic mass is 79.9. The van der Waals surface area contributed by atoms with Gasteiger partial charge in [0.1, 0.15) is 0 Å². The predicted molar refractivity (Wildman–Crippen MR) is 74.2 cm³/mol. The van der Waals surface area contributed by atoms with Gasteiger partial charge >= 0.3 is 0 Å². The average molecular weight is 296 g/mol. The predicted octanol–water partition coefficient (Wildman–Crippen LogP) is 3.91. The molecule has 0 aromatic heterocycles. The summed E-state index contributed by atoms with van der Waals surface area (Å²) in [5.74, 6) is 0.226. The Morgan fingerprint density at radius 3 is 2.53 bits per heavy atom. The number of carbonyl (C=O) groups is 1. The Kier molecular flexibility index (Phi) is 3.06. The van der Waals surface area contributed by atoms with Gasteiger partial charge in [-0.05, 0) is 43.0 Å². The maximum atomic E-state index is 12.1. The molecule has 2 rings (SSSR count). The molecule has 92 valence electrons. The molecule has 3 heteroatoms. The number of hydrogen-bond donors (Lipinski definition) is 0. The largest absolute Gasteiger partial charge is 0.309 e. The monoisotopic (exact) mass is 295 g/mol. The molecule has 1 aromatic carbocycles. The zero-order valence-electron chi connectivity index (χ0n) is 10.7. The number of amides is 1. The zero-order chi connectivity index (χ0) is 12.8. The Morgan fingerprint density at radius 1 is 1.41 bits per heavy atom. The van der Waals surface area contributed by atoms with E-state index in [4.69, 9.17) is 0 Å². The minimum atomic E-state index is 0.0536. The van der Waals surface area contributed by atoms with E-state index in [0.29, 0.717) is 6.42 Å². The summed E-state index contributed by atoms with van der Waals surface area (Å²) >= 11 is 3.49. The van der Waals surface area contributed by atoms with Gasteiger partial charge in [-0.1, -0.05) is 29.8 Å². The van der Waals surface area contributed by atoms with Crippen LogP contribution < -0.4 is 4.90 Å². The van der Waals surface area contributed by atoms with E-state index < -0.39 is 0 Å². The number of aryl methyl sites for hydroxylation is 1. The number of halogens is 1. The van der Waals surface area contributed by atoms with Crippen molar-refractivity contribution in [3.63, 3.8) is 0 Å². The summed E-state index contributed by atoms with van der Waals surface area (Å²) in [5.41, 5.74) is 2.22. The number of benzene rings is 1. The molecule has 0 saturated carbocycles. The van der Waals surface area contributed by atoms with Crippen molar-refractivity contribution in [2.45, 2.75) is 40.2 Å². The molecular formula is C14H18BrNO. The Hall–Kier alpha value is -0.830. The molecule has 17 heavy (non-hydrogen) atoms. The average Bonchev–Trinajstić information content (AvgIpc) is 2.42. The van der Waals surface area contributed by atoms with E-state index in [2.05, 4.69) is 42.8 Å². The summed E-state index contributed by atoms with van der Waals surface area (Å²) < 4.78 is 1.08. The van der Waals surface area contributed by atoms with Gasteiger partial charge in [0.2, 0.25) is 5.91 Å². The normalized spacial score (nSPS) is 23.2. The highest BCUT2D eigenvalue weighted by Gasteiger charge is 2.43. The van der Waals surface area contributed by atoms with Gasteiger partial charge in [-0.2, -0.15) is 0 Å². The van der Waals surface area contributed by atoms with Gasteiger partial charge in [0.05, 0.1) is 0 Å². The fourth-order valence-electron chi connectivity index (χ4n) is 2.33. The molecule has 1 amide bonds. The SMILES string of the molecule is Cc1cc(N2C(=O)CC(C)(C)C2C)ccc1Br. The molecule has 1 saturated heterocycles. The Labute approximate surface area is 111 Å². The fourth-order valence-corrected chi connectivity index (χ4v) is 2.58. The van der Waals surface area contributed by atoms with Gasteiger partial charge < -0.3 is 4.90 Å². The first-order valence-corrected chi connectivity index (χ1v) is 6.70. The fraction of sp³-hybridized carbons (Fsp3) is 0.500. The highest BCUT2D eigenvalue weighted by molar-refractivity contribution is 9.10. The van der Waals surface area contributed by atoms with Gasteiger partial charge in [0.15, 0.2) is 0 Å². The van der Waals surface area contributed by atoms with Crippen LogP contribution in [0.25, 0.3) is 0 Å². The highest BCUT2D eigenvalue weighted by Crippen LogP contribution is 2.40. The molecule has 0 spiro atoms. The van der Waals surface area contributed by atoms with E-state index in [-0.39, 0.29) is 17.4 Å². The van der Waals surface area contributed by atoms with Crippen LogP contribution in [0.4, 0.5) is 5.69 Å². The lowest BCUT2D eigenvalue weighted by Crippen LogP contribution is -2.35. The molecule has 1 fully saturated rings. The summed E-state index contributed by atoms with van der Waals surface area (Å²) in [6.07, 6.45) is 0.628. The second-order valence-electron chi connectivity index (χ2n) is 5.54. The molecule has 0 N–H and O–H groups in total. The molecule has 0 bridgehead atoms. The molecule has 1 heterocycles. The summed E-state index contributed by atoms with van der Waals surface area (Å²) in [4.78, 5) is 14.0. The molecule has 0 aliphatic carbocycles. The maximum Gasteiger partial charge on any atom is 0.227 e. The van der Waals surface area contributed by atoms with Crippen LogP contribution in [0, 0.1) is 12.3 Å². The lowest BCUT2D eigenvalue weighted by molar-refractivity contribution is -0.117. The van der Waals surface area contributed by atoms with E-state index in [9.17, 15) is 4.79 Å². The first kappa shape index (κ1) is 12.6. The summed E-state index contributed by atoms with van der Waals surface area (Å²) in [5, 5.41) is 0. The molecule has 1 aliphatic rings. The van der Waals surface area contributed by atoms with Crippen molar-refractivity contribution < 1.29 is 4.79 Å². The van der Waals surface area contributed by atoms with Crippen LogP contribution in [0.15, 0.2) is 22.7 Å². The molecule has 1 unspecified atom stereocenters. The van der Waals surface area contributed by atoms with Gasteiger partial charge in [-0.25, -0.2) is 0 Å². The van der Waals surface area contributed by atoms with Gasteiger partial charge in [0, 0.05) is 22.6 Å². The Morgan fingerprint density at radius 2 is 2.06 bits per heavy atom. The first-order valence-electron chi connectivity index (χ1n) is 5.91. The molecule has 1 atom stereocenters. The molecule has 1 aliphatic heterocycles. The Bertz CT molecular complexity index is 467.